The van der Waals surface area contributed by atoms with Crippen LogP contribution in [0.2, 0.25) is 0 Å². The van der Waals surface area contributed by atoms with Gasteiger partial charge in [-0.1, -0.05) is 18.2 Å². The van der Waals surface area contributed by atoms with Crippen molar-refractivity contribution in [1.82, 2.24) is 0 Å². The van der Waals surface area contributed by atoms with Crippen LogP contribution in [-0.4, -0.2) is 17.1 Å². The van der Waals surface area contributed by atoms with Crippen molar-refractivity contribution in [1.29, 1.82) is 0 Å². The number of fused-ring (bicyclic) bond motifs is 1. The normalized spacial score (nSPS) is 23.3. The zero-order valence-corrected chi connectivity index (χ0v) is 9.25. The van der Waals surface area contributed by atoms with E-state index in [1.54, 1.807) is 0 Å². The number of rotatable bonds is 1. The molecule has 15 heavy (non-hydrogen) atoms. The van der Waals surface area contributed by atoms with Gasteiger partial charge in [-0.2, -0.15) is 0 Å². The number of carboxylic acid groups (broad SMARTS) is 1. The number of para-hydroxylation sites is 1. The molecule has 2 N–H and O–H groups in total. The third-order valence-corrected chi connectivity index (χ3v) is 2.63. The summed E-state index contributed by atoms with van der Waals surface area (Å²) in [5, 5.41) is 12.4. The van der Waals surface area contributed by atoms with E-state index < -0.39 is 5.97 Å². The molecule has 0 amide bonds. The Balaban J connectivity index is 0.00000112. The Morgan fingerprint density at radius 3 is 2.80 bits per heavy atom. The molecule has 1 aromatic carbocycles. The molecule has 2 atom stereocenters. The molecule has 0 saturated heterocycles. The van der Waals surface area contributed by atoms with Crippen LogP contribution in [0.3, 0.4) is 0 Å². The number of carbonyl (C=O) groups is 1. The highest BCUT2D eigenvalue weighted by atomic mass is 35.5. The summed E-state index contributed by atoms with van der Waals surface area (Å²) in [6.07, 6.45) is 0.659. The van der Waals surface area contributed by atoms with Crippen LogP contribution in [0, 0.1) is 0 Å². The Morgan fingerprint density at radius 2 is 2.13 bits per heavy atom. The highest BCUT2D eigenvalue weighted by Gasteiger charge is 2.28. The van der Waals surface area contributed by atoms with E-state index in [0.29, 0.717) is 6.42 Å². The zero-order valence-electron chi connectivity index (χ0n) is 8.43. The van der Waals surface area contributed by atoms with Gasteiger partial charge in [0, 0.05) is 11.7 Å². The fourth-order valence-corrected chi connectivity index (χ4v) is 1.97. The summed E-state index contributed by atoms with van der Waals surface area (Å²) < 4.78 is 0. The predicted octanol–water partition coefficient (Wildman–Crippen LogP) is 2.48. The minimum atomic E-state index is -0.731. The lowest BCUT2D eigenvalue weighted by molar-refractivity contribution is -0.139. The molecule has 1 heterocycles. The second-order valence-corrected chi connectivity index (χ2v) is 3.76. The first kappa shape index (κ1) is 11.9. The van der Waals surface area contributed by atoms with Gasteiger partial charge < -0.3 is 10.4 Å². The maximum absolute atomic E-state index is 11.0. The SMILES string of the molecule is CC1CC(C(=O)O)c2ccccc2N1.Cl. The topological polar surface area (TPSA) is 49.3 Å². The van der Waals surface area contributed by atoms with E-state index in [2.05, 4.69) is 5.32 Å². The van der Waals surface area contributed by atoms with Crippen molar-refractivity contribution in [3.8, 4) is 0 Å². The Morgan fingerprint density at radius 1 is 1.47 bits per heavy atom. The molecule has 2 unspecified atom stereocenters. The molecular weight excluding hydrogens is 214 g/mol. The van der Waals surface area contributed by atoms with E-state index in [4.69, 9.17) is 5.11 Å². The summed E-state index contributed by atoms with van der Waals surface area (Å²) in [7, 11) is 0. The number of aliphatic carboxylic acids is 1. The van der Waals surface area contributed by atoms with Gasteiger partial charge in [0.05, 0.1) is 5.92 Å². The average molecular weight is 228 g/mol. The fraction of sp³-hybridized carbons (Fsp3) is 0.364. The van der Waals surface area contributed by atoms with E-state index >= 15 is 0 Å². The highest BCUT2D eigenvalue weighted by Crippen LogP contribution is 2.33. The summed E-state index contributed by atoms with van der Waals surface area (Å²) in [5.41, 5.74) is 1.86. The van der Waals surface area contributed by atoms with E-state index in [1.165, 1.54) is 0 Å². The van der Waals surface area contributed by atoms with Gasteiger partial charge >= 0.3 is 5.97 Å². The molecule has 1 aliphatic rings. The quantitative estimate of drug-likeness (QED) is 0.775. The van der Waals surface area contributed by atoms with Crippen LogP contribution < -0.4 is 5.32 Å². The first-order valence-corrected chi connectivity index (χ1v) is 4.76. The van der Waals surface area contributed by atoms with Crippen LogP contribution in [0.25, 0.3) is 0 Å². The Kier molecular flexibility index (Phi) is 3.58. The number of carboxylic acids is 1. The molecule has 0 spiro atoms. The third kappa shape index (κ3) is 2.23. The lowest BCUT2D eigenvalue weighted by Crippen LogP contribution is -2.29. The van der Waals surface area contributed by atoms with Gasteiger partial charge in [-0.15, -0.1) is 12.4 Å². The first-order valence-electron chi connectivity index (χ1n) is 4.76. The van der Waals surface area contributed by atoms with Gasteiger partial charge in [-0.3, -0.25) is 4.79 Å². The minimum Gasteiger partial charge on any atom is -0.481 e. The maximum Gasteiger partial charge on any atom is 0.311 e. The van der Waals surface area contributed by atoms with Gasteiger partial charge in [0.2, 0.25) is 0 Å². The van der Waals surface area contributed by atoms with E-state index in [0.717, 1.165) is 11.3 Å². The van der Waals surface area contributed by atoms with Gasteiger partial charge in [-0.25, -0.2) is 0 Å². The van der Waals surface area contributed by atoms with Crippen LogP contribution in [0.1, 0.15) is 24.8 Å². The smallest absolute Gasteiger partial charge is 0.311 e. The second kappa shape index (κ2) is 4.53. The van der Waals surface area contributed by atoms with Crippen molar-refractivity contribution < 1.29 is 9.90 Å². The third-order valence-electron chi connectivity index (χ3n) is 2.63. The summed E-state index contributed by atoms with van der Waals surface area (Å²) in [4.78, 5) is 11.0. The first-order chi connectivity index (χ1) is 6.68. The number of benzene rings is 1. The van der Waals surface area contributed by atoms with Gasteiger partial charge in [0.15, 0.2) is 0 Å². The van der Waals surface area contributed by atoms with E-state index in [-0.39, 0.29) is 24.4 Å². The van der Waals surface area contributed by atoms with Gasteiger partial charge in [0.1, 0.15) is 0 Å². The molecule has 0 bridgehead atoms. The summed E-state index contributed by atoms with van der Waals surface area (Å²) in [6, 6.07) is 7.84. The number of hydrogen-bond donors (Lipinski definition) is 2. The molecule has 0 aromatic heterocycles. The molecule has 4 heteroatoms. The summed E-state index contributed by atoms with van der Waals surface area (Å²) >= 11 is 0. The molecular formula is C11H14ClNO2. The summed E-state index contributed by atoms with van der Waals surface area (Å²) in [5.74, 6) is -1.09. The minimum absolute atomic E-state index is 0. The summed E-state index contributed by atoms with van der Waals surface area (Å²) in [6.45, 7) is 2.01. The van der Waals surface area contributed by atoms with Gasteiger partial charge in [-0.05, 0) is 25.0 Å². The van der Waals surface area contributed by atoms with Crippen LogP contribution in [-0.2, 0) is 4.79 Å². The standard InChI is InChI=1S/C11H13NO2.ClH/c1-7-6-9(11(13)14)8-4-2-3-5-10(8)12-7;/h2-5,7,9,12H,6H2,1H3,(H,13,14);1H. The number of nitrogens with one attached hydrogen (secondary N) is 1. The van der Waals surface area contributed by atoms with Crippen LogP contribution in [0.5, 0.6) is 0 Å². The number of halogens is 1. The second-order valence-electron chi connectivity index (χ2n) is 3.76. The average Bonchev–Trinajstić information content (AvgIpc) is 2.16. The maximum atomic E-state index is 11.0. The lowest BCUT2D eigenvalue weighted by atomic mass is 9.88. The van der Waals surface area contributed by atoms with E-state index in [1.807, 2.05) is 31.2 Å². The zero-order chi connectivity index (χ0) is 10.1. The predicted molar refractivity (Wildman–Crippen MR) is 61.8 cm³/mol. The highest BCUT2D eigenvalue weighted by molar-refractivity contribution is 5.85. The largest absolute Gasteiger partial charge is 0.481 e. The van der Waals surface area contributed by atoms with Crippen molar-refractivity contribution in [2.75, 3.05) is 5.32 Å². The Bertz CT molecular complexity index is 367. The van der Waals surface area contributed by atoms with Crippen molar-refractivity contribution in [2.24, 2.45) is 0 Å². The van der Waals surface area contributed by atoms with Crippen molar-refractivity contribution >= 4 is 24.1 Å². The Hall–Kier alpha value is -1.22. The van der Waals surface area contributed by atoms with Crippen LogP contribution in [0.4, 0.5) is 5.69 Å². The van der Waals surface area contributed by atoms with Crippen molar-refractivity contribution in [2.45, 2.75) is 25.3 Å². The molecule has 0 radical (unpaired) electrons. The van der Waals surface area contributed by atoms with Crippen LogP contribution in [0.15, 0.2) is 24.3 Å². The molecule has 0 saturated carbocycles. The molecule has 3 nitrogen and oxygen atoms in total. The molecule has 0 aliphatic carbocycles. The van der Waals surface area contributed by atoms with Gasteiger partial charge in [0.25, 0.3) is 0 Å². The lowest BCUT2D eigenvalue weighted by Gasteiger charge is -2.28. The van der Waals surface area contributed by atoms with Crippen LogP contribution >= 0.6 is 12.4 Å². The van der Waals surface area contributed by atoms with Crippen molar-refractivity contribution in [3.05, 3.63) is 29.8 Å². The molecule has 0 fully saturated rings. The Labute approximate surface area is 94.9 Å². The van der Waals surface area contributed by atoms with E-state index in [9.17, 15) is 4.79 Å². The molecule has 82 valence electrons. The fourth-order valence-electron chi connectivity index (χ4n) is 1.97. The molecule has 2 rings (SSSR count). The van der Waals surface area contributed by atoms with Crippen molar-refractivity contribution in [3.63, 3.8) is 0 Å². The molecule has 1 aromatic rings. The number of hydrogen-bond acceptors (Lipinski definition) is 2. The number of anilines is 1. The molecule has 1 aliphatic heterocycles. The monoisotopic (exact) mass is 227 g/mol.